The van der Waals surface area contributed by atoms with Crippen LogP contribution in [0.5, 0.6) is 11.8 Å². The lowest BCUT2D eigenvalue weighted by atomic mass is 9.69. The first kappa shape index (κ1) is 43.0. The Morgan fingerprint density at radius 1 is 1.00 bits per heavy atom. The SMILES string of the molecule is CC[C@@H]1CN(Cc2cc([C@@H](c3ccc4c(nnn4CC)c3C)C(C)(C)C(=O)Nc3cnc(OCCNC(=O)OC(C)(C)C)nc3)ccc2C)S(=O)(=O)c2ccccc2O1. The van der Waals surface area contributed by atoms with E-state index in [0.717, 1.165) is 38.9 Å². The van der Waals surface area contributed by atoms with Gasteiger partial charge in [0, 0.05) is 19.0 Å². The number of hydrogen-bond donors (Lipinski definition) is 2. The van der Waals surface area contributed by atoms with Gasteiger partial charge >= 0.3 is 12.1 Å². The molecular weight excluding hydrogens is 773 g/mol. The maximum absolute atomic E-state index is 14.5. The van der Waals surface area contributed by atoms with E-state index in [1.165, 1.54) is 16.7 Å². The maximum atomic E-state index is 14.5. The van der Waals surface area contributed by atoms with Crippen LogP contribution in [0.2, 0.25) is 0 Å². The van der Waals surface area contributed by atoms with Crippen molar-refractivity contribution >= 4 is 38.7 Å². The molecule has 0 unspecified atom stereocenters. The summed E-state index contributed by atoms with van der Waals surface area (Å²) in [6.07, 6.45) is 2.67. The standard InChI is InChI=1S/C43H54N8O7S/c1-10-32-26-50(59(54,55)36-15-13-12-14-35(36)57-32)25-30-22-29(17-16-27(30)3)37(33-18-19-34-38(28(33)4)48-49-51(34)11-2)43(8,9)39(52)47-31-23-45-40(46-24-31)56-21-20-44-41(53)58-42(5,6)7/h12-19,22-24,32,37H,10-11,20-21,25-26H2,1-9H3,(H,44,53)(H,47,52)/t32-,37+/m1/s1. The average molecular weight is 827 g/mol. The van der Waals surface area contributed by atoms with Crippen molar-refractivity contribution in [2.45, 2.75) is 104 Å². The number of anilines is 1. The minimum absolute atomic E-state index is 0.0779. The highest BCUT2D eigenvalue weighted by Gasteiger charge is 2.41. The van der Waals surface area contributed by atoms with Crippen LogP contribution in [-0.2, 0) is 32.6 Å². The van der Waals surface area contributed by atoms with Gasteiger partial charge in [0.2, 0.25) is 15.9 Å². The summed E-state index contributed by atoms with van der Waals surface area (Å²) in [6, 6.07) is 16.9. The van der Waals surface area contributed by atoms with E-state index < -0.39 is 33.1 Å². The highest BCUT2D eigenvalue weighted by Crippen LogP contribution is 2.45. The third-order valence-corrected chi connectivity index (χ3v) is 12.3. The Morgan fingerprint density at radius 3 is 2.42 bits per heavy atom. The number of aromatic nitrogens is 5. The molecule has 2 amide bonds. The van der Waals surface area contributed by atoms with E-state index >= 15 is 0 Å². The van der Waals surface area contributed by atoms with Crippen molar-refractivity contribution in [2.75, 3.05) is 25.0 Å². The van der Waals surface area contributed by atoms with Crippen LogP contribution in [0.15, 0.2) is 71.9 Å². The molecule has 6 rings (SSSR count). The largest absolute Gasteiger partial charge is 0.488 e. The fourth-order valence-corrected chi connectivity index (χ4v) is 8.81. The Morgan fingerprint density at radius 2 is 1.73 bits per heavy atom. The number of nitrogens with one attached hydrogen (secondary N) is 2. The smallest absolute Gasteiger partial charge is 0.407 e. The van der Waals surface area contributed by atoms with E-state index in [-0.39, 0.29) is 49.2 Å². The summed E-state index contributed by atoms with van der Waals surface area (Å²) in [5.74, 6) is -0.465. The van der Waals surface area contributed by atoms with Gasteiger partial charge in [-0.25, -0.2) is 27.9 Å². The number of carbonyl (C=O) groups is 2. The molecule has 3 aromatic carbocycles. The fraction of sp³-hybridized carbons (Fsp3) is 0.442. The van der Waals surface area contributed by atoms with Gasteiger partial charge in [-0.2, -0.15) is 4.31 Å². The minimum Gasteiger partial charge on any atom is -0.488 e. The number of hydrogen-bond acceptors (Lipinski definition) is 11. The maximum Gasteiger partial charge on any atom is 0.407 e. The normalized spacial score (nSPS) is 16.1. The van der Waals surface area contributed by atoms with Crippen LogP contribution < -0.4 is 20.1 Å². The lowest BCUT2D eigenvalue weighted by Crippen LogP contribution is -2.38. The first-order valence-electron chi connectivity index (χ1n) is 19.8. The van der Waals surface area contributed by atoms with Gasteiger partial charge < -0.3 is 24.8 Å². The molecule has 15 nitrogen and oxygen atoms in total. The number of carbonyl (C=O) groups excluding carboxylic acids is 2. The minimum atomic E-state index is -3.91. The molecule has 2 N–H and O–H groups in total. The van der Waals surface area contributed by atoms with Crippen LogP contribution in [0, 0.1) is 19.3 Å². The summed E-state index contributed by atoms with van der Waals surface area (Å²) < 4.78 is 48.6. The predicted molar refractivity (Wildman–Crippen MR) is 224 cm³/mol. The van der Waals surface area contributed by atoms with Gasteiger partial charge in [0.25, 0.3) is 0 Å². The summed E-state index contributed by atoms with van der Waals surface area (Å²) in [6.45, 7) is 18.3. The summed E-state index contributed by atoms with van der Waals surface area (Å²) in [5, 5.41) is 14.5. The van der Waals surface area contributed by atoms with Crippen molar-refractivity contribution in [3.05, 3.63) is 94.8 Å². The Labute approximate surface area is 345 Å². The van der Waals surface area contributed by atoms with Crippen molar-refractivity contribution < 1.29 is 32.2 Å². The molecule has 0 fully saturated rings. The van der Waals surface area contributed by atoms with E-state index in [0.29, 0.717) is 24.4 Å². The first-order valence-corrected chi connectivity index (χ1v) is 21.3. The van der Waals surface area contributed by atoms with Gasteiger partial charge in [-0.15, -0.1) is 5.10 Å². The Kier molecular flexibility index (Phi) is 12.6. The molecule has 59 heavy (non-hydrogen) atoms. The number of benzene rings is 3. The molecular formula is C43H54N8O7S. The zero-order valence-corrected chi connectivity index (χ0v) is 36.0. The first-order chi connectivity index (χ1) is 27.9. The van der Waals surface area contributed by atoms with E-state index in [4.69, 9.17) is 14.2 Å². The van der Waals surface area contributed by atoms with Crippen LogP contribution in [0.3, 0.4) is 0 Å². The fourth-order valence-electron chi connectivity index (χ4n) is 7.24. The second-order valence-electron chi connectivity index (χ2n) is 16.3. The number of alkyl carbamates (subject to hydrolysis) is 1. The average Bonchev–Trinajstić information content (AvgIpc) is 3.57. The van der Waals surface area contributed by atoms with E-state index in [9.17, 15) is 18.0 Å². The molecule has 1 aliphatic heterocycles. The van der Waals surface area contributed by atoms with Crippen LogP contribution in [0.25, 0.3) is 11.0 Å². The van der Waals surface area contributed by atoms with Gasteiger partial charge in [0.1, 0.15) is 34.5 Å². The molecule has 0 saturated carbocycles. The van der Waals surface area contributed by atoms with Crippen LogP contribution in [0.1, 0.15) is 88.6 Å². The third kappa shape index (κ3) is 9.49. The number of fused-ring (bicyclic) bond motifs is 2. The second kappa shape index (κ2) is 17.3. The van der Waals surface area contributed by atoms with Crippen LogP contribution >= 0.6 is 0 Å². The molecule has 0 aliphatic carbocycles. The molecule has 0 spiro atoms. The topological polar surface area (TPSA) is 180 Å². The number of amides is 2. The van der Waals surface area contributed by atoms with Gasteiger partial charge in [-0.3, -0.25) is 4.79 Å². The number of aryl methyl sites for hydroxylation is 3. The predicted octanol–water partition coefficient (Wildman–Crippen LogP) is 6.92. The number of para-hydroxylation sites is 1. The zero-order chi connectivity index (χ0) is 42.7. The van der Waals surface area contributed by atoms with E-state index in [2.05, 4.69) is 30.9 Å². The summed E-state index contributed by atoms with van der Waals surface area (Å²) in [7, 11) is -3.91. The Balaban J connectivity index is 1.30. The van der Waals surface area contributed by atoms with Gasteiger partial charge in [0.15, 0.2) is 0 Å². The summed E-state index contributed by atoms with van der Waals surface area (Å²) in [5.41, 5.74) is 4.59. The van der Waals surface area contributed by atoms with Gasteiger partial charge in [-0.1, -0.05) is 62.4 Å². The summed E-state index contributed by atoms with van der Waals surface area (Å²) >= 11 is 0. The van der Waals surface area contributed by atoms with Gasteiger partial charge in [-0.05, 0) is 94.0 Å². The molecule has 0 bridgehead atoms. The number of nitrogens with zero attached hydrogens (tertiary/aromatic N) is 6. The number of rotatable bonds is 13. The molecule has 314 valence electrons. The summed E-state index contributed by atoms with van der Waals surface area (Å²) in [4.78, 5) is 35.1. The molecule has 1 aliphatic rings. The second-order valence-corrected chi connectivity index (χ2v) is 18.2. The highest BCUT2D eigenvalue weighted by atomic mass is 32.2. The van der Waals surface area contributed by atoms with Crippen molar-refractivity contribution in [3.8, 4) is 11.8 Å². The molecule has 3 heterocycles. The molecule has 5 aromatic rings. The molecule has 0 radical (unpaired) electrons. The van der Waals surface area contributed by atoms with Crippen molar-refractivity contribution in [2.24, 2.45) is 5.41 Å². The Hall–Kier alpha value is -5.61. The monoisotopic (exact) mass is 826 g/mol. The third-order valence-electron chi connectivity index (χ3n) is 10.5. The molecule has 16 heteroatoms. The quantitative estimate of drug-likeness (QED) is 0.118. The lowest BCUT2D eigenvalue weighted by molar-refractivity contribution is -0.124. The highest BCUT2D eigenvalue weighted by molar-refractivity contribution is 7.89. The van der Waals surface area contributed by atoms with Crippen LogP contribution in [0.4, 0.5) is 10.5 Å². The van der Waals surface area contributed by atoms with E-state index in [1.54, 1.807) is 45.0 Å². The molecule has 2 aromatic heterocycles. The molecule has 0 saturated heterocycles. The zero-order valence-electron chi connectivity index (χ0n) is 35.2. The number of ether oxygens (including phenoxy) is 3. The Bertz CT molecular complexity index is 2430. The van der Waals surface area contributed by atoms with Crippen molar-refractivity contribution in [3.63, 3.8) is 0 Å². The van der Waals surface area contributed by atoms with E-state index in [1.807, 2.05) is 76.6 Å². The number of sulfonamides is 1. The molecule has 2 atom stereocenters. The van der Waals surface area contributed by atoms with Crippen LogP contribution in [-0.4, -0.2) is 81.1 Å². The lowest BCUT2D eigenvalue weighted by Gasteiger charge is -2.35. The van der Waals surface area contributed by atoms with Crippen molar-refractivity contribution in [1.82, 2.24) is 34.6 Å². The van der Waals surface area contributed by atoms with Crippen molar-refractivity contribution in [1.29, 1.82) is 0 Å². The van der Waals surface area contributed by atoms with Gasteiger partial charge in [0.05, 0.1) is 42.1 Å².